The van der Waals surface area contributed by atoms with Gasteiger partial charge in [0.25, 0.3) is 0 Å². The second kappa shape index (κ2) is 9.91. The smallest absolute Gasteiger partial charge is 0.408 e. The highest BCUT2D eigenvalue weighted by atomic mass is 16.6. The van der Waals surface area contributed by atoms with Crippen LogP contribution in [0.15, 0.2) is 24.3 Å². The first-order valence-electron chi connectivity index (χ1n) is 8.55. The molecule has 8 nitrogen and oxygen atoms in total. The van der Waals surface area contributed by atoms with Crippen molar-refractivity contribution in [2.24, 2.45) is 0 Å². The van der Waals surface area contributed by atoms with E-state index in [-0.39, 0.29) is 18.8 Å². The fourth-order valence-corrected chi connectivity index (χ4v) is 2.12. The minimum absolute atomic E-state index is 0.198. The summed E-state index contributed by atoms with van der Waals surface area (Å²) in [6.07, 6.45) is -1.52. The highest BCUT2D eigenvalue weighted by Crippen LogP contribution is 2.17. The van der Waals surface area contributed by atoms with Crippen molar-refractivity contribution in [3.63, 3.8) is 0 Å². The van der Waals surface area contributed by atoms with Gasteiger partial charge in [-0.05, 0) is 52.0 Å². The van der Waals surface area contributed by atoms with Crippen LogP contribution in [0.5, 0.6) is 5.75 Å². The molecule has 0 saturated carbocycles. The number of carbonyl (C=O) groups excluding carboxylic acids is 2. The number of rotatable bonds is 9. The molecule has 0 heterocycles. The molecule has 1 aromatic carbocycles. The molecule has 2 atom stereocenters. The Morgan fingerprint density at radius 1 is 1.15 bits per heavy atom. The molecule has 150 valence electrons. The first-order valence-corrected chi connectivity index (χ1v) is 8.55. The van der Waals surface area contributed by atoms with Crippen LogP contribution in [0, 0.1) is 0 Å². The standard InChI is InChI=1S/C19H27NO7/c1-12(20-18(24)27-19(2,3)4)16(21)13-6-8-14(9-7-13)26-15(17(22)23)10-11-25-5/h6-9,12,15H,10-11H2,1-5H3,(H,20,24)(H,22,23)/t12?,15-/m0/s1. The number of aliphatic carboxylic acids is 1. The maximum absolute atomic E-state index is 12.4. The summed E-state index contributed by atoms with van der Waals surface area (Å²) in [4.78, 5) is 35.4. The predicted molar refractivity (Wildman–Crippen MR) is 98.1 cm³/mol. The minimum atomic E-state index is -1.10. The first kappa shape index (κ1) is 22.4. The van der Waals surface area contributed by atoms with Crippen LogP contribution in [0.2, 0.25) is 0 Å². The van der Waals surface area contributed by atoms with E-state index in [2.05, 4.69) is 5.32 Å². The zero-order valence-corrected chi connectivity index (χ0v) is 16.3. The maximum atomic E-state index is 12.4. The van der Waals surface area contributed by atoms with Crippen molar-refractivity contribution < 1.29 is 33.7 Å². The van der Waals surface area contributed by atoms with E-state index >= 15 is 0 Å². The van der Waals surface area contributed by atoms with Gasteiger partial charge in [-0.15, -0.1) is 0 Å². The lowest BCUT2D eigenvalue weighted by Crippen LogP contribution is -2.41. The number of hydrogen-bond donors (Lipinski definition) is 2. The van der Waals surface area contributed by atoms with E-state index in [0.717, 1.165) is 0 Å². The zero-order valence-electron chi connectivity index (χ0n) is 16.3. The quantitative estimate of drug-likeness (QED) is 0.633. The lowest BCUT2D eigenvalue weighted by molar-refractivity contribution is -0.145. The van der Waals surface area contributed by atoms with Gasteiger partial charge in [0.05, 0.1) is 12.6 Å². The highest BCUT2D eigenvalue weighted by molar-refractivity contribution is 6.01. The summed E-state index contributed by atoms with van der Waals surface area (Å²) >= 11 is 0. The van der Waals surface area contributed by atoms with Crippen LogP contribution in [0.25, 0.3) is 0 Å². The Balaban J connectivity index is 2.70. The van der Waals surface area contributed by atoms with Crippen LogP contribution < -0.4 is 10.1 Å². The zero-order chi connectivity index (χ0) is 20.6. The van der Waals surface area contributed by atoms with Crippen molar-refractivity contribution in [1.29, 1.82) is 0 Å². The molecule has 0 bridgehead atoms. The summed E-state index contributed by atoms with van der Waals surface area (Å²) in [5.74, 6) is -1.08. The van der Waals surface area contributed by atoms with Gasteiger partial charge < -0.3 is 24.6 Å². The van der Waals surface area contributed by atoms with E-state index in [1.807, 2.05) is 0 Å². The Hall–Kier alpha value is -2.61. The van der Waals surface area contributed by atoms with Crippen LogP contribution in [-0.4, -0.2) is 54.4 Å². The summed E-state index contributed by atoms with van der Waals surface area (Å²) in [5.41, 5.74) is -0.301. The molecule has 0 aromatic heterocycles. The average molecular weight is 381 g/mol. The second-order valence-electron chi connectivity index (χ2n) is 6.98. The number of ether oxygens (including phenoxy) is 3. The van der Waals surface area contributed by atoms with Crippen LogP contribution in [0.4, 0.5) is 4.79 Å². The van der Waals surface area contributed by atoms with E-state index < -0.39 is 29.8 Å². The van der Waals surface area contributed by atoms with E-state index in [0.29, 0.717) is 11.3 Å². The topological polar surface area (TPSA) is 111 Å². The molecule has 0 fully saturated rings. The van der Waals surface area contributed by atoms with Gasteiger partial charge in [-0.1, -0.05) is 0 Å². The second-order valence-corrected chi connectivity index (χ2v) is 6.98. The SMILES string of the molecule is COCC[C@H](Oc1ccc(C(=O)C(C)NC(=O)OC(C)(C)C)cc1)C(=O)O. The number of benzene rings is 1. The number of hydrogen-bond acceptors (Lipinski definition) is 6. The van der Waals surface area contributed by atoms with Gasteiger partial charge in [-0.2, -0.15) is 0 Å². The van der Waals surface area contributed by atoms with Crippen LogP contribution >= 0.6 is 0 Å². The van der Waals surface area contributed by atoms with Crippen molar-refractivity contribution >= 4 is 17.8 Å². The average Bonchev–Trinajstić information content (AvgIpc) is 2.56. The van der Waals surface area contributed by atoms with Crippen LogP contribution in [-0.2, 0) is 14.3 Å². The molecule has 1 aromatic rings. The number of amides is 1. The molecule has 0 aliphatic heterocycles. The Kier molecular flexibility index (Phi) is 8.24. The Labute approximate surface area is 158 Å². The molecule has 0 radical (unpaired) electrons. The number of carbonyl (C=O) groups is 3. The summed E-state index contributed by atoms with van der Waals surface area (Å²) < 4.78 is 15.4. The molecule has 2 N–H and O–H groups in total. The monoisotopic (exact) mass is 381 g/mol. The van der Waals surface area contributed by atoms with Crippen molar-refractivity contribution in [3.8, 4) is 5.75 Å². The number of methoxy groups -OCH3 is 1. The van der Waals surface area contributed by atoms with Gasteiger partial charge in [0.2, 0.25) is 0 Å². The molecule has 0 aliphatic carbocycles. The molecule has 1 unspecified atom stereocenters. The molecule has 1 amide bonds. The van der Waals surface area contributed by atoms with Crippen molar-refractivity contribution in [1.82, 2.24) is 5.32 Å². The molecule has 8 heteroatoms. The fraction of sp³-hybridized carbons (Fsp3) is 0.526. The van der Waals surface area contributed by atoms with Gasteiger partial charge in [0.1, 0.15) is 11.4 Å². The highest BCUT2D eigenvalue weighted by Gasteiger charge is 2.22. The van der Waals surface area contributed by atoms with E-state index in [9.17, 15) is 14.4 Å². The van der Waals surface area contributed by atoms with E-state index in [1.165, 1.54) is 31.4 Å². The largest absolute Gasteiger partial charge is 0.479 e. The number of carboxylic acid groups (broad SMARTS) is 1. The van der Waals surface area contributed by atoms with Gasteiger partial charge in [-0.25, -0.2) is 9.59 Å². The first-order chi connectivity index (χ1) is 12.5. The minimum Gasteiger partial charge on any atom is -0.479 e. The summed E-state index contributed by atoms with van der Waals surface area (Å²) in [7, 11) is 1.48. The van der Waals surface area contributed by atoms with Gasteiger partial charge in [-0.3, -0.25) is 4.79 Å². The Morgan fingerprint density at radius 3 is 2.22 bits per heavy atom. The predicted octanol–water partition coefficient (Wildman–Crippen LogP) is 2.65. The molecule has 0 aliphatic rings. The number of alkyl carbamates (subject to hydrolysis) is 1. The van der Waals surface area contributed by atoms with E-state index in [4.69, 9.17) is 19.3 Å². The van der Waals surface area contributed by atoms with Gasteiger partial charge >= 0.3 is 12.1 Å². The van der Waals surface area contributed by atoms with Crippen molar-refractivity contribution in [3.05, 3.63) is 29.8 Å². The third kappa shape index (κ3) is 8.08. The lowest BCUT2D eigenvalue weighted by Gasteiger charge is -2.21. The number of nitrogens with one attached hydrogen (secondary N) is 1. The third-order valence-corrected chi connectivity index (χ3v) is 3.40. The Bertz CT molecular complexity index is 649. The maximum Gasteiger partial charge on any atom is 0.408 e. The molecule has 0 spiro atoms. The molecular weight excluding hydrogens is 354 g/mol. The lowest BCUT2D eigenvalue weighted by atomic mass is 10.1. The summed E-state index contributed by atoms with van der Waals surface area (Å²) in [6.45, 7) is 7.00. The number of carboxylic acids is 1. The van der Waals surface area contributed by atoms with Crippen LogP contribution in [0.3, 0.4) is 0 Å². The normalized spacial score (nSPS) is 13.4. The third-order valence-electron chi connectivity index (χ3n) is 3.40. The molecular formula is C19H27NO7. The summed E-state index contributed by atoms with van der Waals surface area (Å²) in [6, 6.07) is 5.27. The summed E-state index contributed by atoms with van der Waals surface area (Å²) in [5, 5.41) is 11.6. The fourth-order valence-electron chi connectivity index (χ4n) is 2.12. The molecule has 1 rings (SSSR count). The van der Waals surface area contributed by atoms with Gasteiger partial charge in [0.15, 0.2) is 11.9 Å². The van der Waals surface area contributed by atoms with Crippen molar-refractivity contribution in [2.75, 3.05) is 13.7 Å². The molecule has 27 heavy (non-hydrogen) atoms. The number of ketones is 1. The van der Waals surface area contributed by atoms with E-state index in [1.54, 1.807) is 27.7 Å². The molecule has 0 saturated heterocycles. The Morgan fingerprint density at radius 2 is 1.74 bits per heavy atom. The number of Topliss-reactive ketones (excluding diaryl/α,β-unsaturated/α-hetero) is 1. The van der Waals surface area contributed by atoms with Crippen LogP contribution in [0.1, 0.15) is 44.5 Å². The van der Waals surface area contributed by atoms with Gasteiger partial charge in [0, 0.05) is 19.1 Å². The van der Waals surface area contributed by atoms with Crippen molar-refractivity contribution in [2.45, 2.75) is 51.9 Å².